The first kappa shape index (κ1) is 19.4. The Morgan fingerprint density at radius 1 is 1.15 bits per heavy atom. The highest BCUT2D eigenvalue weighted by molar-refractivity contribution is 5.95. The summed E-state index contributed by atoms with van der Waals surface area (Å²) in [5.74, 6) is 0.433. The second-order valence-electron chi connectivity index (χ2n) is 7.47. The van der Waals surface area contributed by atoms with Crippen LogP contribution in [0.3, 0.4) is 0 Å². The molecule has 1 aromatic rings. The number of carbonyl (C=O) groups excluding carboxylic acids is 3. The molecule has 1 N–H and O–H groups in total. The molecule has 1 atom stereocenters. The van der Waals surface area contributed by atoms with Crippen molar-refractivity contribution in [3.63, 3.8) is 0 Å². The van der Waals surface area contributed by atoms with Crippen LogP contribution in [-0.4, -0.2) is 69.3 Å². The van der Waals surface area contributed by atoms with Crippen LogP contribution in [0.4, 0.5) is 4.79 Å². The van der Waals surface area contributed by atoms with E-state index in [1.54, 1.807) is 21.9 Å². The van der Waals surface area contributed by atoms with Gasteiger partial charge in [-0.25, -0.2) is 9.78 Å². The molecule has 0 aromatic carbocycles. The Balaban J connectivity index is 1.51. The number of imidazole rings is 1. The molecule has 0 bridgehead atoms. The highest BCUT2D eigenvalue weighted by atomic mass is 16.2. The van der Waals surface area contributed by atoms with Crippen LogP contribution in [-0.2, 0) is 11.8 Å². The van der Waals surface area contributed by atoms with Crippen LogP contribution in [0.15, 0.2) is 12.4 Å². The minimum absolute atomic E-state index is 0.00591. The topological polar surface area (TPSA) is 87.5 Å². The first-order valence-corrected chi connectivity index (χ1v) is 9.84. The molecule has 2 aliphatic rings. The molecule has 2 aliphatic heterocycles. The molecule has 27 heavy (non-hydrogen) atoms. The number of carbonyl (C=O) groups is 3. The van der Waals surface area contributed by atoms with Gasteiger partial charge >= 0.3 is 6.03 Å². The van der Waals surface area contributed by atoms with Gasteiger partial charge in [-0.15, -0.1) is 0 Å². The Morgan fingerprint density at radius 3 is 2.52 bits per heavy atom. The molecule has 1 unspecified atom stereocenters. The van der Waals surface area contributed by atoms with E-state index in [4.69, 9.17) is 0 Å². The van der Waals surface area contributed by atoms with Crippen molar-refractivity contribution >= 4 is 17.7 Å². The number of nitrogens with one attached hydrogen (secondary N) is 1. The quantitative estimate of drug-likeness (QED) is 0.807. The van der Waals surface area contributed by atoms with Crippen LogP contribution < -0.4 is 5.32 Å². The third kappa shape index (κ3) is 4.48. The number of aromatic nitrogens is 2. The molecule has 3 heterocycles. The van der Waals surface area contributed by atoms with Gasteiger partial charge in [-0.2, -0.15) is 0 Å². The molecule has 8 heteroatoms. The standard InChI is InChI=1S/C19H29N5O3/c1-3-16(25)23-10-6-15(7-11-23)21-19(27)24-9-4-5-14(13-24)17(26)18-20-8-12-22(18)2/h8,12,14-15H,3-7,9-11,13H2,1-2H3,(H,21,27). The first-order valence-electron chi connectivity index (χ1n) is 9.84. The zero-order chi connectivity index (χ0) is 19.4. The predicted molar refractivity (Wildman–Crippen MR) is 100 cm³/mol. The van der Waals surface area contributed by atoms with Crippen LogP contribution in [0.25, 0.3) is 0 Å². The highest BCUT2D eigenvalue weighted by Gasteiger charge is 2.32. The minimum Gasteiger partial charge on any atom is -0.343 e. The second-order valence-corrected chi connectivity index (χ2v) is 7.47. The number of Topliss-reactive ketones (excluding diaryl/α,β-unsaturated/α-hetero) is 1. The van der Waals surface area contributed by atoms with Crippen molar-refractivity contribution in [2.24, 2.45) is 13.0 Å². The van der Waals surface area contributed by atoms with Gasteiger partial charge in [0.25, 0.3) is 0 Å². The van der Waals surface area contributed by atoms with Gasteiger partial charge in [0, 0.05) is 64.0 Å². The number of ketones is 1. The van der Waals surface area contributed by atoms with Gasteiger partial charge in [-0.1, -0.05) is 6.92 Å². The Morgan fingerprint density at radius 2 is 1.89 bits per heavy atom. The molecule has 3 amide bonds. The molecular formula is C19H29N5O3. The fraction of sp³-hybridized carbons (Fsp3) is 0.684. The van der Waals surface area contributed by atoms with E-state index >= 15 is 0 Å². The summed E-state index contributed by atoms with van der Waals surface area (Å²) in [6.45, 7) is 4.36. The van der Waals surface area contributed by atoms with E-state index in [2.05, 4.69) is 10.3 Å². The van der Waals surface area contributed by atoms with E-state index in [0.717, 1.165) is 25.7 Å². The maximum absolute atomic E-state index is 12.7. The predicted octanol–water partition coefficient (Wildman–Crippen LogP) is 1.43. The van der Waals surface area contributed by atoms with Crippen LogP contribution in [0.5, 0.6) is 0 Å². The summed E-state index contributed by atoms with van der Waals surface area (Å²) in [6.07, 6.45) is 7.06. The summed E-state index contributed by atoms with van der Waals surface area (Å²) in [7, 11) is 1.81. The monoisotopic (exact) mass is 375 g/mol. The van der Waals surface area contributed by atoms with Crippen molar-refractivity contribution < 1.29 is 14.4 Å². The average Bonchev–Trinajstić information content (AvgIpc) is 3.13. The lowest BCUT2D eigenvalue weighted by Crippen LogP contribution is -2.52. The Labute approximate surface area is 159 Å². The smallest absolute Gasteiger partial charge is 0.317 e. The van der Waals surface area contributed by atoms with Gasteiger partial charge in [0.15, 0.2) is 5.82 Å². The summed E-state index contributed by atoms with van der Waals surface area (Å²) >= 11 is 0. The summed E-state index contributed by atoms with van der Waals surface area (Å²) in [6, 6.07) is -0.0170. The van der Waals surface area contributed by atoms with E-state index in [9.17, 15) is 14.4 Å². The van der Waals surface area contributed by atoms with Crippen molar-refractivity contribution in [3.05, 3.63) is 18.2 Å². The third-order valence-corrected chi connectivity index (χ3v) is 5.60. The number of urea groups is 1. The summed E-state index contributed by atoms with van der Waals surface area (Å²) in [4.78, 5) is 44.9. The number of nitrogens with zero attached hydrogens (tertiary/aromatic N) is 4. The number of rotatable bonds is 4. The average molecular weight is 375 g/mol. The number of amides is 3. The van der Waals surface area contributed by atoms with Crippen LogP contribution in [0, 0.1) is 5.92 Å². The lowest BCUT2D eigenvalue weighted by molar-refractivity contribution is -0.131. The fourth-order valence-corrected chi connectivity index (χ4v) is 3.92. The van der Waals surface area contributed by atoms with Gasteiger partial charge in [0.05, 0.1) is 0 Å². The number of piperidine rings is 2. The van der Waals surface area contributed by atoms with Gasteiger partial charge in [-0.05, 0) is 25.7 Å². The SMILES string of the molecule is CCC(=O)N1CCC(NC(=O)N2CCCC(C(=O)c3nccn3C)C2)CC1. The summed E-state index contributed by atoms with van der Waals surface area (Å²) < 4.78 is 1.73. The van der Waals surface area contributed by atoms with Gasteiger partial charge in [0.1, 0.15) is 0 Å². The maximum Gasteiger partial charge on any atom is 0.317 e. The molecule has 0 saturated carbocycles. The first-order chi connectivity index (χ1) is 13.0. The van der Waals surface area contributed by atoms with Gasteiger partial charge in [-0.3, -0.25) is 9.59 Å². The Bertz CT molecular complexity index is 693. The molecule has 0 radical (unpaired) electrons. The zero-order valence-corrected chi connectivity index (χ0v) is 16.2. The van der Waals surface area contributed by atoms with Gasteiger partial charge in [0.2, 0.25) is 11.7 Å². The number of hydrogen-bond donors (Lipinski definition) is 1. The summed E-state index contributed by atoms with van der Waals surface area (Å²) in [5, 5.41) is 3.09. The third-order valence-electron chi connectivity index (χ3n) is 5.60. The van der Waals surface area contributed by atoms with E-state index in [0.29, 0.717) is 38.4 Å². The molecule has 3 rings (SSSR count). The van der Waals surface area contributed by atoms with Crippen molar-refractivity contribution in [3.8, 4) is 0 Å². The van der Waals surface area contributed by atoms with E-state index < -0.39 is 0 Å². The summed E-state index contributed by atoms with van der Waals surface area (Å²) in [5.41, 5.74) is 0. The fourth-order valence-electron chi connectivity index (χ4n) is 3.92. The van der Waals surface area contributed by atoms with Crippen LogP contribution in [0.1, 0.15) is 49.6 Å². The molecule has 0 aliphatic carbocycles. The number of likely N-dealkylation sites (tertiary alicyclic amines) is 2. The lowest BCUT2D eigenvalue weighted by atomic mass is 9.93. The normalized spacial score (nSPS) is 21.2. The van der Waals surface area contributed by atoms with E-state index in [1.807, 2.05) is 18.9 Å². The van der Waals surface area contributed by atoms with Crippen molar-refractivity contribution in [2.75, 3.05) is 26.2 Å². The second kappa shape index (κ2) is 8.54. The molecule has 1 aromatic heterocycles. The van der Waals surface area contributed by atoms with Crippen molar-refractivity contribution in [2.45, 2.75) is 45.1 Å². The lowest BCUT2D eigenvalue weighted by Gasteiger charge is -2.36. The largest absolute Gasteiger partial charge is 0.343 e. The molecule has 0 spiro atoms. The number of aryl methyl sites for hydroxylation is 1. The Hall–Kier alpha value is -2.38. The van der Waals surface area contributed by atoms with Gasteiger partial charge < -0.3 is 19.7 Å². The zero-order valence-electron chi connectivity index (χ0n) is 16.2. The molecule has 8 nitrogen and oxygen atoms in total. The maximum atomic E-state index is 12.7. The minimum atomic E-state index is -0.199. The van der Waals surface area contributed by atoms with Crippen LogP contribution >= 0.6 is 0 Å². The van der Waals surface area contributed by atoms with E-state index in [1.165, 1.54) is 0 Å². The van der Waals surface area contributed by atoms with Crippen molar-refractivity contribution in [1.82, 2.24) is 24.7 Å². The van der Waals surface area contributed by atoms with Crippen LogP contribution in [0.2, 0.25) is 0 Å². The van der Waals surface area contributed by atoms with E-state index in [-0.39, 0.29) is 29.7 Å². The number of hydrogen-bond acceptors (Lipinski definition) is 4. The van der Waals surface area contributed by atoms with Crippen molar-refractivity contribution in [1.29, 1.82) is 0 Å². The molecule has 148 valence electrons. The molecule has 2 fully saturated rings. The highest BCUT2D eigenvalue weighted by Crippen LogP contribution is 2.21. The molecular weight excluding hydrogens is 346 g/mol. The molecule has 2 saturated heterocycles. The Kier molecular flexibility index (Phi) is 6.13.